The van der Waals surface area contributed by atoms with Crippen LogP contribution in [0.3, 0.4) is 0 Å². The molecule has 0 bridgehead atoms. The van der Waals surface area contributed by atoms with Gasteiger partial charge in [0.25, 0.3) is 5.91 Å². The summed E-state index contributed by atoms with van der Waals surface area (Å²) in [4.78, 5) is 16.9. The molecular weight excluding hydrogens is 280 g/mol. The molecule has 5 nitrogen and oxygen atoms in total. The maximum Gasteiger partial charge on any atom is 0.260 e. The minimum atomic E-state index is -0.107. The van der Waals surface area contributed by atoms with Crippen LogP contribution in [0.1, 0.15) is 44.1 Å². The van der Waals surface area contributed by atoms with Gasteiger partial charge in [-0.3, -0.25) is 4.79 Å². The fraction of sp³-hybridized carbons (Fsp3) is 0.529. The molecule has 0 heterocycles. The van der Waals surface area contributed by atoms with Crippen molar-refractivity contribution in [1.29, 1.82) is 0 Å². The minimum absolute atomic E-state index is 0.0534. The monoisotopic (exact) mass is 304 g/mol. The Morgan fingerprint density at radius 3 is 2.73 bits per heavy atom. The SMILES string of the molecule is COc1ccccc1/C=N/OCC(=O)NC1CCCCCC1. The second kappa shape index (κ2) is 9.07. The van der Waals surface area contributed by atoms with E-state index in [1.54, 1.807) is 13.3 Å². The van der Waals surface area contributed by atoms with Gasteiger partial charge in [0.1, 0.15) is 5.75 Å². The normalized spacial score (nSPS) is 16.2. The van der Waals surface area contributed by atoms with Crippen LogP contribution in [0, 0.1) is 0 Å². The average molecular weight is 304 g/mol. The van der Waals surface area contributed by atoms with Crippen molar-refractivity contribution in [3.05, 3.63) is 29.8 Å². The Labute approximate surface area is 131 Å². The molecule has 0 unspecified atom stereocenters. The molecule has 0 radical (unpaired) electrons. The molecule has 5 heteroatoms. The highest BCUT2D eigenvalue weighted by Gasteiger charge is 2.14. The van der Waals surface area contributed by atoms with Crippen molar-refractivity contribution in [3.63, 3.8) is 0 Å². The van der Waals surface area contributed by atoms with E-state index in [0.29, 0.717) is 0 Å². The van der Waals surface area contributed by atoms with Crippen LogP contribution in [-0.4, -0.2) is 31.9 Å². The molecule has 1 aromatic rings. The quantitative estimate of drug-likeness (QED) is 0.499. The predicted molar refractivity (Wildman–Crippen MR) is 86.2 cm³/mol. The number of carbonyl (C=O) groups is 1. The predicted octanol–water partition coefficient (Wildman–Crippen LogP) is 2.88. The van der Waals surface area contributed by atoms with E-state index in [1.807, 2.05) is 24.3 Å². The van der Waals surface area contributed by atoms with E-state index in [-0.39, 0.29) is 18.6 Å². The molecule has 0 aromatic heterocycles. The number of benzene rings is 1. The molecule has 1 aliphatic carbocycles. The third-order valence-corrected chi connectivity index (χ3v) is 3.82. The first kappa shape index (κ1) is 16.3. The smallest absolute Gasteiger partial charge is 0.260 e. The summed E-state index contributed by atoms with van der Waals surface area (Å²) < 4.78 is 5.21. The molecule has 1 N–H and O–H groups in total. The van der Waals surface area contributed by atoms with Crippen LogP contribution >= 0.6 is 0 Å². The lowest BCUT2D eigenvalue weighted by atomic mass is 10.1. The number of methoxy groups -OCH3 is 1. The molecule has 1 amide bonds. The lowest BCUT2D eigenvalue weighted by molar-refractivity contribution is -0.126. The van der Waals surface area contributed by atoms with Gasteiger partial charge >= 0.3 is 0 Å². The maximum atomic E-state index is 11.8. The van der Waals surface area contributed by atoms with Crippen LogP contribution in [-0.2, 0) is 9.63 Å². The topological polar surface area (TPSA) is 59.9 Å². The summed E-state index contributed by atoms with van der Waals surface area (Å²) in [5.41, 5.74) is 0.814. The first-order valence-corrected chi connectivity index (χ1v) is 7.87. The van der Waals surface area contributed by atoms with Gasteiger partial charge in [0.2, 0.25) is 0 Å². The van der Waals surface area contributed by atoms with Gasteiger partial charge in [-0.2, -0.15) is 0 Å². The molecule has 2 rings (SSSR count). The van der Waals surface area contributed by atoms with Crippen molar-refractivity contribution in [3.8, 4) is 5.75 Å². The molecule has 120 valence electrons. The Hall–Kier alpha value is -2.04. The fourth-order valence-electron chi connectivity index (χ4n) is 2.66. The number of hydrogen-bond donors (Lipinski definition) is 1. The molecule has 0 spiro atoms. The molecule has 0 atom stereocenters. The van der Waals surface area contributed by atoms with Gasteiger partial charge in [-0.15, -0.1) is 0 Å². The third-order valence-electron chi connectivity index (χ3n) is 3.82. The molecular formula is C17H24N2O3. The largest absolute Gasteiger partial charge is 0.496 e. The maximum absolute atomic E-state index is 11.8. The molecule has 0 aliphatic heterocycles. The average Bonchev–Trinajstić information content (AvgIpc) is 2.80. The number of nitrogens with zero attached hydrogens (tertiary/aromatic N) is 1. The van der Waals surface area contributed by atoms with Gasteiger partial charge in [0, 0.05) is 11.6 Å². The zero-order valence-electron chi connectivity index (χ0n) is 13.1. The Bertz CT molecular complexity index is 494. The first-order chi connectivity index (χ1) is 10.8. The zero-order valence-corrected chi connectivity index (χ0v) is 13.1. The van der Waals surface area contributed by atoms with E-state index in [2.05, 4.69) is 10.5 Å². The Morgan fingerprint density at radius 1 is 1.27 bits per heavy atom. The van der Waals surface area contributed by atoms with E-state index in [1.165, 1.54) is 25.7 Å². The lowest BCUT2D eigenvalue weighted by Crippen LogP contribution is -2.36. The number of rotatable bonds is 6. The summed E-state index contributed by atoms with van der Waals surface area (Å²) in [7, 11) is 1.60. The summed E-state index contributed by atoms with van der Waals surface area (Å²) in [5.74, 6) is 0.613. The van der Waals surface area contributed by atoms with Crippen molar-refractivity contribution in [2.24, 2.45) is 5.16 Å². The van der Waals surface area contributed by atoms with Crippen molar-refractivity contribution < 1.29 is 14.4 Å². The first-order valence-electron chi connectivity index (χ1n) is 7.87. The summed E-state index contributed by atoms with van der Waals surface area (Å²) in [5, 5.41) is 6.85. The lowest BCUT2D eigenvalue weighted by Gasteiger charge is -2.15. The Balaban J connectivity index is 1.73. The second-order valence-electron chi connectivity index (χ2n) is 5.51. The molecule has 0 saturated heterocycles. The van der Waals surface area contributed by atoms with Crippen LogP contribution in [0.4, 0.5) is 0 Å². The number of nitrogens with one attached hydrogen (secondary N) is 1. The van der Waals surface area contributed by atoms with E-state index >= 15 is 0 Å². The minimum Gasteiger partial charge on any atom is -0.496 e. The van der Waals surface area contributed by atoms with Crippen molar-refractivity contribution in [2.45, 2.75) is 44.6 Å². The standard InChI is InChI=1S/C17H24N2O3/c1-21-16-11-7-6-8-14(16)12-18-22-13-17(20)19-15-9-4-2-3-5-10-15/h6-8,11-12,15H,2-5,9-10,13H2,1H3,(H,19,20)/b18-12+. The number of carbonyl (C=O) groups excluding carboxylic acids is 1. The number of hydrogen-bond acceptors (Lipinski definition) is 4. The summed E-state index contributed by atoms with van der Waals surface area (Å²) >= 11 is 0. The van der Waals surface area contributed by atoms with Crippen LogP contribution < -0.4 is 10.1 Å². The van der Waals surface area contributed by atoms with Crippen molar-refractivity contribution >= 4 is 12.1 Å². The highest BCUT2D eigenvalue weighted by Crippen LogP contribution is 2.17. The highest BCUT2D eigenvalue weighted by atomic mass is 16.6. The Kier molecular flexibility index (Phi) is 6.74. The molecule has 1 fully saturated rings. The highest BCUT2D eigenvalue weighted by molar-refractivity contribution is 5.83. The summed E-state index contributed by atoms with van der Waals surface area (Å²) in [6.07, 6.45) is 8.61. The fourth-order valence-corrected chi connectivity index (χ4v) is 2.66. The van der Waals surface area contributed by atoms with Gasteiger partial charge in [0.15, 0.2) is 6.61 Å². The van der Waals surface area contributed by atoms with Gasteiger partial charge in [-0.25, -0.2) is 0 Å². The Morgan fingerprint density at radius 2 is 2.00 bits per heavy atom. The number of oxime groups is 1. The van der Waals surface area contributed by atoms with E-state index < -0.39 is 0 Å². The zero-order chi connectivity index (χ0) is 15.6. The summed E-state index contributed by atoms with van der Waals surface area (Å²) in [6, 6.07) is 7.79. The van der Waals surface area contributed by atoms with Crippen LogP contribution in [0.2, 0.25) is 0 Å². The summed E-state index contributed by atoms with van der Waals surface area (Å²) in [6.45, 7) is -0.0534. The van der Waals surface area contributed by atoms with Crippen LogP contribution in [0.25, 0.3) is 0 Å². The van der Waals surface area contributed by atoms with Gasteiger partial charge in [-0.05, 0) is 25.0 Å². The van der Waals surface area contributed by atoms with E-state index in [9.17, 15) is 4.79 Å². The molecule has 1 aliphatic rings. The second-order valence-corrected chi connectivity index (χ2v) is 5.51. The molecule has 1 aromatic carbocycles. The molecule has 1 saturated carbocycles. The number of ether oxygens (including phenoxy) is 1. The number of para-hydroxylation sites is 1. The molecule has 22 heavy (non-hydrogen) atoms. The van der Waals surface area contributed by atoms with Crippen LogP contribution in [0.15, 0.2) is 29.4 Å². The van der Waals surface area contributed by atoms with Gasteiger partial charge < -0.3 is 14.9 Å². The van der Waals surface area contributed by atoms with Crippen molar-refractivity contribution in [1.82, 2.24) is 5.32 Å². The van der Waals surface area contributed by atoms with Crippen molar-refractivity contribution in [2.75, 3.05) is 13.7 Å². The van der Waals surface area contributed by atoms with E-state index in [4.69, 9.17) is 9.57 Å². The number of amides is 1. The third kappa shape index (κ3) is 5.39. The van der Waals surface area contributed by atoms with Crippen LogP contribution in [0.5, 0.6) is 5.75 Å². The van der Waals surface area contributed by atoms with Gasteiger partial charge in [-0.1, -0.05) is 43.0 Å². The van der Waals surface area contributed by atoms with Gasteiger partial charge in [0.05, 0.1) is 13.3 Å². The van der Waals surface area contributed by atoms with E-state index in [0.717, 1.165) is 24.2 Å².